The summed E-state index contributed by atoms with van der Waals surface area (Å²) in [4.78, 5) is 8.70. The van der Waals surface area contributed by atoms with Crippen LogP contribution in [-0.2, 0) is 13.5 Å². The molecule has 1 N–H and O–H groups in total. The van der Waals surface area contributed by atoms with Gasteiger partial charge < -0.3 is 5.32 Å². The van der Waals surface area contributed by atoms with Crippen molar-refractivity contribution in [3.8, 4) is 0 Å². The maximum Gasteiger partial charge on any atom is 0.138 e. The highest BCUT2D eigenvalue weighted by molar-refractivity contribution is 5.10. The summed E-state index contributed by atoms with van der Waals surface area (Å²) in [5.41, 5.74) is 1.05. The summed E-state index contributed by atoms with van der Waals surface area (Å²) in [5.74, 6) is 0.967. The van der Waals surface area contributed by atoms with Gasteiger partial charge in [0.25, 0.3) is 0 Å². The molecular formula is C13H19N5. The second kappa shape index (κ2) is 6.26. The molecule has 2 heterocycles. The van der Waals surface area contributed by atoms with Crippen molar-refractivity contribution in [3.05, 3.63) is 42.2 Å². The first-order chi connectivity index (χ1) is 8.81. The van der Waals surface area contributed by atoms with Crippen molar-refractivity contribution >= 4 is 0 Å². The van der Waals surface area contributed by atoms with E-state index in [-0.39, 0.29) is 6.04 Å². The molecule has 1 atom stereocenters. The Morgan fingerprint density at radius 2 is 2.22 bits per heavy atom. The highest BCUT2D eigenvalue weighted by Gasteiger charge is 2.15. The van der Waals surface area contributed by atoms with Crippen molar-refractivity contribution in [1.82, 2.24) is 25.1 Å². The smallest absolute Gasteiger partial charge is 0.138 e. The molecule has 5 nitrogen and oxygen atoms in total. The fourth-order valence-corrected chi connectivity index (χ4v) is 1.87. The first kappa shape index (κ1) is 12.7. The average Bonchev–Trinajstić information content (AvgIpc) is 2.81. The monoisotopic (exact) mass is 245 g/mol. The van der Waals surface area contributed by atoms with Gasteiger partial charge in [-0.2, -0.15) is 5.10 Å². The van der Waals surface area contributed by atoms with E-state index in [0.29, 0.717) is 0 Å². The molecule has 0 aliphatic rings. The number of nitrogens with one attached hydrogen (secondary N) is 1. The lowest BCUT2D eigenvalue weighted by molar-refractivity contribution is 0.496. The summed E-state index contributed by atoms with van der Waals surface area (Å²) in [7, 11) is 1.91. The maximum atomic E-state index is 4.42. The van der Waals surface area contributed by atoms with Gasteiger partial charge in [-0.3, -0.25) is 9.67 Å². The fourth-order valence-electron chi connectivity index (χ4n) is 1.87. The molecule has 0 bridgehead atoms. The summed E-state index contributed by atoms with van der Waals surface area (Å²) in [6.07, 6.45) is 5.31. The van der Waals surface area contributed by atoms with E-state index < -0.39 is 0 Å². The fraction of sp³-hybridized carbons (Fsp3) is 0.462. The Kier molecular flexibility index (Phi) is 4.41. The molecule has 0 saturated heterocycles. The zero-order chi connectivity index (χ0) is 12.8. The highest BCUT2D eigenvalue weighted by atomic mass is 15.3. The van der Waals surface area contributed by atoms with Crippen molar-refractivity contribution < 1.29 is 0 Å². The van der Waals surface area contributed by atoms with Crippen LogP contribution in [0.4, 0.5) is 0 Å². The summed E-state index contributed by atoms with van der Waals surface area (Å²) in [5, 5.41) is 7.61. The Morgan fingerprint density at radius 3 is 2.83 bits per heavy atom. The Hall–Kier alpha value is -1.75. The lowest BCUT2D eigenvalue weighted by Gasteiger charge is -2.17. The summed E-state index contributed by atoms with van der Waals surface area (Å²) < 4.78 is 1.81. The van der Waals surface area contributed by atoms with Gasteiger partial charge in [-0.25, -0.2) is 4.98 Å². The number of hydrogen-bond donors (Lipinski definition) is 1. The second-order valence-corrected chi connectivity index (χ2v) is 4.27. The second-order valence-electron chi connectivity index (χ2n) is 4.27. The van der Waals surface area contributed by atoms with Crippen molar-refractivity contribution in [1.29, 1.82) is 0 Å². The molecule has 0 spiro atoms. The molecule has 0 aromatic carbocycles. The third kappa shape index (κ3) is 3.13. The van der Waals surface area contributed by atoms with Crippen LogP contribution in [0.3, 0.4) is 0 Å². The van der Waals surface area contributed by atoms with Crippen LogP contribution in [0.2, 0.25) is 0 Å². The van der Waals surface area contributed by atoms with Crippen molar-refractivity contribution in [2.45, 2.75) is 25.8 Å². The molecule has 0 amide bonds. The lowest BCUT2D eigenvalue weighted by Crippen LogP contribution is -2.26. The zero-order valence-electron chi connectivity index (χ0n) is 10.9. The predicted octanol–water partition coefficient (Wildman–Crippen LogP) is 1.49. The molecule has 2 rings (SSSR count). The van der Waals surface area contributed by atoms with Crippen molar-refractivity contribution in [2.75, 3.05) is 6.54 Å². The number of aromatic nitrogens is 4. The molecule has 0 radical (unpaired) electrons. The van der Waals surface area contributed by atoms with E-state index in [4.69, 9.17) is 0 Å². The minimum atomic E-state index is 0.189. The van der Waals surface area contributed by atoms with Crippen LogP contribution < -0.4 is 5.32 Å². The molecule has 2 aromatic rings. The third-order valence-electron chi connectivity index (χ3n) is 2.88. The van der Waals surface area contributed by atoms with Gasteiger partial charge in [0.1, 0.15) is 12.2 Å². The first-order valence-corrected chi connectivity index (χ1v) is 6.28. The third-order valence-corrected chi connectivity index (χ3v) is 2.88. The van der Waals surface area contributed by atoms with E-state index in [9.17, 15) is 0 Å². The molecule has 1 unspecified atom stereocenters. The standard InChI is InChI=1S/C13H19N5/c1-3-7-14-12(11-6-4-5-8-15-11)9-13-16-10-17-18(13)2/h4-6,8,10,12,14H,3,7,9H2,1-2H3. The summed E-state index contributed by atoms with van der Waals surface area (Å²) in [6, 6.07) is 6.18. The number of hydrogen-bond acceptors (Lipinski definition) is 4. The topological polar surface area (TPSA) is 55.6 Å². The number of aryl methyl sites for hydroxylation is 1. The highest BCUT2D eigenvalue weighted by Crippen LogP contribution is 2.14. The molecule has 5 heteroatoms. The Bertz CT molecular complexity index is 465. The van der Waals surface area contributed by atoms with Gasteiger partial charge in [0.05, 0.1) is 11.7 Å². The first-order valence-electron chi connectivity index (χ1n) is 6.28. The van der Waals surface area contributed by atoms with Crippen LogP contribution in [0.1, 0.15) is 30.9 Å². The zero-order valence-corrected chi connectivity index (χ0v) is 10.9. The quantitative estimate of drug-likeness (QED) is 0.838. The van der Waals surface area contributed by atoms with Crippen molar-refractivity contribution in [2.24, 2.45) is 7.05 Å². The molecule has 0 saturated carbocycles. The number of nitrogens with zero attached hydrogens (tertiary/aromatic N) is 4. The van der Waals surface area contributed by atoms with Crippen molar-refractivity contribution in [3.63, 3.8) is 0 Å². The van der Waals surface area contributed by atoms with Gasteiger partial charge in [-0.15, -0.1) is 0 Å². The average molecular weight is 245 g/mol. The molecule has 0 aliphatic carbocycles. The SMILES string of the molecule is CCCNC(Cc1ncnn1C)c1ccccn1. The van der Waals surface area contributed by atoms with E-state index >= 15 is 0 Å². The number of pyridine rings is 1. The van der Waals surface area contributed by atoms with Crippen LogP contribution in [0.5, 0.6) is 0 Å². The molecule has 0 aliphatic heterocycles. The van der Waals surface area contributed by atoms with Crippen LogP contribution in [-0.4, -0.2) is 26.3 Å². The van der Waals surface area contributed by atoms with E-state index in [1.54, 1.807) is 6.33 Å². The van der Waals surface area contributed by atoms with Gasteiger partial charge >= 0.3 is 0 Å². The van der Waals surface area contributed by atoms with Crippen LogP contribution in [0, 0.1) is 0 Å². The van der Waals surface area contributed by atoms with E-state index in [0.717, 1.165) is 30.9 Å². The maximum absolute atomic E-state index is 4.42. The lowest BCUT2D eigenvalue weighted by atomic mass is 10.1. The molecule has 2 aromatic heterocycles. The molecule has 18 heavy (non-hydrogen) atoms. The van der Waals surface area contributed by atoms with Crippen LogP contribution in [0.15, 0.2) is 30.7 Å². The molecular weight excluding hydrogens is 226 g/mol. The predicted molar refractivity (Wildman–Crippen MR) is 70.0 cm³/mol. The minimum Gasteiger partial charge on any atom is -0.308 e. The molecule has 96 valence electrons. The Labute approximate surface area is 107 Å². The van der Waals surface area contributed by atoms with Crippen LogP contribution >= 0.6 is 0 Å². The van der Waals surface area contributed by atoms with Gasteiger partial charge in [0, 0.05) is 19.7 Å². The largest absolute Gasteiger partial charge is 0.308 e. The van der Waals surface area contributed by atoms with Gasteiger partial charge in [0.2, 0.25) is 0 Å². The number of rotatable bonds is 6. The summed E-state index contributed by atoms with van der Waals surface area (Å²) >= 11 is 0. The van der Waals surface area contributed by atoms with E-state index in [1.165, 1.54) is 0 Å². The Morgan fingerprint density at radius 1 is 1.33 bits per heavy atom. The van der Waals surface area contributed by atoms with E-state index in [2.05, 4.69) is 27.3 Å². The van der Waals surface area contributed by atoms with E-state index in [1.807, 2.05) is 36.1 Å². The minimum absolute atomic E-state index is 0.189. The van der Waals surface area contributed by atoms with Crippen LogP contribution in [0.25, 0.3) is 0 Å². The molecule has 0 fully saturated rings. The van der Waals surface area contributed by atoms with Gasteiger partial charge in [-0.1, -0.05) is 13.0 Å². The Balaban J connectivity index is 2.13. The normalized spacial score (nSPS) is 12.6. The summed E-state index contributed by atoms with van der Waals surface area (Å²) in [6.45, 7) is 3.13. The van der Waals surface area contributed by atoms with Gasteiger partial charge in [0.15, 0.2) is 0 Å². The van der Waals surface area contributed by atoms with Gasteiger partial charge in [-0.05, 0) is 25.1 Å².